The van der Waals surface area contributed by atoms with Crippen molar-refractivity contribution in [1.29, 1.82) is 0 Å². The van der Waals surface area contributed by atoms with E-state index in [0.717, 1.165) is 4.90 Å². The summed E-state index contributed by atoms with van der Waals surface area (Å²) in [5, 5.41) is 14.6. The number of fused-ring (bicyclic) bond motifs is 1. The topological polar surface area (TPSA) is 102 Å². The van der Waals surface area contributed by atoms with Gasteiger partial charge >= 0.3 is 0 Å². The first-order valence-corrected chi connectivity index (χ1v) is 7.49. The van der Waals surface area contributed by atoms with Crippen molar-refractivity contribution in [3.8, 4) is 0 Å². The zero-order chi connectivity index (χ0) is 17.6. The highest BCUT2D eigenvalue weighted by atomic mass is 16.7. The molecule has 2 amide bonds. The number of imide groups is 1. The standard InChI is InChI=1S/C17H11N3O5/c21-16-13-14(10-6-8-12(9-7-10)20(23)24)18-25-15(13)17(22)19(16)11-4-2-1-3-5-11/h1-9,13,15H/t13-,15+/m0/s1. The Kier molecular flexibility index (Phi) is 3.31. The summed E-state index contributed by atoms with van der Waals surface area (Å²) in [5.74, 6) is -1.74. The molecule has 2 aromatic rings. The van der Waals surface area contributed by atoms with E-state index in [1.54, 1.807) is 30.3 Å². The summed E-state index contributed by atoms with van der Waals surface area (Å²) in [5.41, 5.74) is 1.21. The molecule has 25 heavy (non-hydrogen) atoms. The smallest absolute Gasteiger partial charge is 0.278 e. The molecule has 2 aliphatic rings. The quantitative estimate of drug-likeness (QED) is 0.483. The zero-order valence-corrected chi connectivity index (χ0v) is 12.7. The second-order valence-electron chi connectivity index (χ2n) is 5.63. The van der Waals surface area contributed by atoms with E-state index in [4.69, 9.17) is 4.84 Å². The fraction of sp³-hybridized carbons (Fsp3) is 0.118. The maximum Gasteiger partial charge on any atom is 0.278 e. The van der Waals surface area contributed by atoms with Gasteiger partial charge in [0.05, 0.1) is 10.6 Å². The third-order valence-corrected chi connectivity index (χ3v) is 4.20. The molecule has 0 saturated carbocycles. The van der Waals surface area contributed by atoms with Crippen molar-refractivity contribution in [2.24, 2.45) is 11.1 Å². The molecule has 2 atom stereocenters. The number of non-ortho nitro benzene ring substituents is 1. The van der Waals surface area contributed by atoms with E-state index < -0.39 is 28.8 Å². The van der Waals surface area contributed by atoms with Crippen molar-refractivity contribution < 1.29 is 19.3 Å². The molecule has 8 heteroatoms. The average Bonchev–Trinajstić information content (AvgIpc) is 3.16. The molecule has 124 valence electrons. The summed E-state index contributed by atoms with van der Waals surface area (Å²) < 4.78 is 0. The van der Waals surface area contributed by atoms with E-state index in [9.17, 15) is 19.7 Å². The summed E-state index contributed by atoms with van der Waals surface area (Å²) in [4.78, 5) is 41.9. The minimum Gasteiger partial charge on any atom is -0.381 e. The molecular formula is C17H11N3O5. The number of nitrogens with zero attached hydrogens (tertiary/aromatic N) is 3. The van der Waals surface area contributed by atoms with Crippen molar-refractivity contribution in [2.75, 3.05) is 4.90 Å². The van der Waals surface area contributed by atoms with E-state index in [2.05, 4.69) is 5.16 Å². The van der Waals surface area contributed by atoms with Crippen LogP contribution in [-0.2, 0) is 14.4 Å². The van der Waals surface area contributed by atoms with Crippen LogP contribution in [0.3, 0.4) is 0 Å². The molecule has 0 unspecified atom stereocenters. The molecule has 0 aliphatic carbocycles. The zero-order valence-electron chi connectivity index (χ0n) is 12.7. The molecule has 2 heterocycles. The van der Waals surface area contributed by atoms with E-state index in [0.29, 0.717) is 17.0 Å². The molecule has 0 spiro atoms. The molecule has 1 saturated heterocycles. The van der Waals surface area contributed by atoms with Gasteiger partial charge in [-0.05, 0) is 24.3 Å². The van der Waals surface area contributed by atoms with Gasteiger partial charge < -0.3 is 4.84 Å². The number of hydrogen-bond acceptors (Lipinski definition) is 6. The second-order valence-corrected chi connectivity index (χ2v) is 5.63. The Morgan fingerprint density at radius 1 is 1.00 bits per heavy atom. The number of hydrogen-bond donors (Lipinski definition) is 0. The number of anilines is 1. The number of carbonyl (C=O) groups excluding carboxylic acids is 2. The Labute approximate surface area is 141 Å². The molecule has 2 aliphatic heterocycles. The first-order valence-electron chi connectivity index (χ1n) is 7.49. The van der Waals surface area contributed by atoms with Gasteiger partial charge in [-0.1, -0.05) is 23.4 Å². The Hall–Kier alpha value is -3.55. The highest BCUT2D eigenvalue weighted by molar-refractivity contribution is 6.32. The van der Waals surface area contributed by atoms with E-state index >= 15 is 0 Å². The van der Waals surface area contributed by atoms with E-state index in [1.165, 1.54) is 24.3 Å². The lowest BCUT2D eigenvalue weighted by atomic mass is 9.94. The van der Waals surface area contributed by atoms with Gasteiger partial charge in [0.15, 0.2) is 0 Å². The highest BCUT2D eigenvalue weighted by Gasteiger charge is 2.56. The summed E-state index contributed by atoms with van der Waals surface area (Å²) in [6.07, 6.45) is -1.00. The van der Waals surface area contributed by atoms with Crippen LogP contribution in [0.15, 0.2) is 59.8 Å². The lowest BCUT2D eigenvalue weighted by Gasteiger charge is -2.15. The van der Waals surface area contributed by atoms with Crippen LogP contribution >= 0.6 is 0 Å². The summed E-state index contributed by atoms with van der Waals surface area (Å²) in [6, 6.07) is 14.2. The normalized spacial score (nSPS) is 21.8. The number of rotatable bonds is 3. The molecule has 8 nitrogen and oxygen atoms in total. The number of oxime groups is 1. The lowest BCUT2D eigenvalue weighted by Crippen LogP contribution is -2.33. The Bertz CT molecular complexity index is 908. The molecule has 0 bridgehead atoms. The van der Waals surface area contributed by atoms with Gasteiger partial charge in [-0.15, -0.1) is 0 Å². The monoisotopic (exact) mass is 337 g/mol. The Balaban J connectivity index is 1.67. The number of nitro benzene ring substituents is 1. The van der Waals surface area contributed by atoms with Gasteiger partial charge in [0, 0.05) is 17.7 Å². The van der Waals surface area contributed by atoms with Gasteiger partial charge in [-0.2, -0.15) is 0 Å². The Morgan fingerprint density at radius 3 is 2.32 bits per heavy atom. The third-order valence-electron chi connectivity index (χ3n) is 4.20. The molecule has 0 radical (unpaired) electrons. The van der Waals surface area contributed by atoms with Gasteiger partial charge in [0.25, 0.3) is 11.6 Å². The Morgan fingerprint density at radius 2 is 1.68 bits per heavy atom. The highest BCUT2D eigenvalue weighted by Crippen LogP contribution is 2.35. The predicted octanol–water partition coefficient (Wildman–Crippen LogP) is 1.89. The molecule has 4 rings (SSSR count). The maximum absolute atomic E-state index is 12.8. The van der Waals surface area contributed by atoms with Crippen LogP contribution in [0, 0.1) is 16.0 Å². The summed E-state index contributed by atoms with van der Waals surface area (Å²) in [6.45, 7) is 0. The number of amides is 2. The van der Waals surface area contributed by atoms with Gasteiger partial charge in [0.2, 0.25) is 12.0 Å². The van der Waals surface area contributed by atoms with Gasteiger partial charge in [-0.25, -0.2) is 4.90 Å². The number of benzene rings is 2. The van der Waals surface area contributed by atoms with Gasteiger partial charge in [-0.3, -0.25) is 19.7 Å². The summed E-state index contributed by atoms with van der Waals surface area (Å²) >= 11 is 0. The minimum atomic E-state index is -1.00. The van der Waals surface area contributed by atoms with Crippen molar-refractivity contribution in [3.63, 3.8) is 0 Å². The van der Waals surface area contributed by atoms with Crippen molar-refractivity contribution >= 4 is 28.9 Å². The molecular weight excluding hydrogens is 326 g/mol. The fourth-order valence-electron chi connectivity index (χ4n) is 3.00. The number of para-hydroxylation sites is 1. The van der Waals surface area contributed by atoms with Crippen LogP contribution in [0.5, 0.6) is 0 Å². The van der Waals surface area contributed by atoms with Crippen LogP contribution in [-0.4, -0.2) is 28.6 Å². The number of nitro groups is 1. The van der Waals surface area contributed by atoms with Crippen LogP contribution in [0.4, 0.5) is 11.4 Å². The van der Waals surface area contributed by atoms with Crippen LogP contribution in [0.2, 0.25) is 0 Å². The van der Waals surface area contributed by atoms with Crippen molar-refractivity contribution in [3.05, 3.63) is 70.3 Å². The minimum absolute atomic E-state index is 0.0699. The van der Waals surface area contributed by atoms with Gasteiger partial charge in [0.1, 0.15) is 11.6 Å². The second kappa shape index (κ2) is 5.52. The summed E-state index contributed by atoms with van der Waals surface area (Å²) in [7, 11) is 0. The fourth-order valence-corrected chi connectivity index (χ4v) is 3.00. The molecule has 0 aromatic heterocycles. The van der Waals surface area contributed by atoms with E-state index in [1.807, 2.05) is 0 Å². The molecule has 2 aromatic carbocycles. The number of carbonyl (C=O) groups is 2. The molecule has 0 N–H and O–H groups in total. The van der Waals surface area contributed by atoms with Crippen molar-refractivity contribution in [1.82, 2.24) is 0 Å². The maximum atomic E-state index is 12.8. The molecule has 1 fully saturated rings. The average molecular weight is 337 g/mol. The van der Waals surface area contributed by atoms with E-state index in [-0.39, 0.29) is 5.69 Å². The van der Waals surface area contributed by atoms with Crippen LogP contribution < -0.4 is 4.90 Å². The lowest BCUT2D eigenvalue weighted by molar-refractivity contribution is -0.384. The first kappa shape index (κ1) is 15.0. The van der Waals surface area contributed by atoms with Crippen molar-refractivity contribution in [2.45, 2.75) is 6.10 Å². The van der Waals surface area contributed by atoms with Crippen LogP contribution in [0.1, 0.15) is 5.56 Å². The third kappa shape index (κ3) is 2.26. The predicted molar refractivity (Wildman–Crippen MR) is 86.9 cm³/mol. The SMILES string of the molecule is O=C1[C@H]2C(c3ccc([N+](=O)[O-])cc3)=NO[C@H]2C(=O)N1c1ccccc1. The van der Waals surface area contributed by atoms with Crippen LogP contribution in [0.25, 0.3) is 0 Å². The largest absolute Gasteiger partial charge is 0.381 e. The first-order chi connectivity index (χ1) is 12.1.